The molecule has 1 aromatic carbocycles. The fourth-order valence-electron chi connectivity index (χ4n) is 1.46. The molecule has 0 fully saturated rings. The lowest BCUT2D eigenvalue weighted by Crippen LogP contribution is -2.03. The fraction of sp³-hybridized carbons (Fsp3) is 0.364. The fourth-order valence-corrected chi connectivity index (χ4v) is 1.46. The summed E-state index contributed by atoms with van der Waals surface area (Å²) in [6, 6.07) is 4.38. The SMILES string of the molecule is Cc1ccc(C(O)CCC(=O)O)cc1[N+](=O)[O-]. The molecule has 1 unspecified atom stereocenters. The standard InChI is InChI=1S/C11H13NO5/c1-7-2-3-8(6-9(7)12(16)17)10(13)4-5-11(14)15/h2-3,6,10,13H,4-5H2,1H3,(H,14,15). The van der Waals surface area contributed by atoms with Gasteiger partial charge in [0.05, 0.1) is 11.0 Å². The molecule has 0 heterocycles. The molecule has 6 heteroatoms. The first-order valence-electron chi connectivity index (χ1n) is 5.06. The minimum Gasteiger partial charge on any atom is -0.481 e. The van der Waals surface area contributed by atoms with Crippen LogP contribution in [-0.4, -0.2) is 21.1 Å². The van der Waals surface area contributed by atoms with Crippen molar-refractivity contribution in [2.24, 2.45) is 0 Å². The van der Waals surface area contributed by atoms with Gasteiger partial charge in [-0.3, -0.25) is 14.9 Å². The van der Waals surface area contributed by atoms with Gasteiger partial charge in [0, 0.05) is 18.1 Å². The second-order valence-electron chi connectivity index (χ2n) is 3.75. The summed E-state index contributed by atoms with van der Waals surface area (Å²) in [6.45, 7) is 1.60. The molecule has 1 aromatic rings. The van der Waals surface area contributed by atoms with Crippen LogP contribution < -0.4 is 0 Å². The van der Waals surface area contributed by atoms with E-state index in [0.29, 0.717) is 11.1 Å². The number of carboxylic acids is 1. The Kier molecular flexibility index (Phi) is 4.17. The molecule has 0 saturated carbocycles. The molecule has 6 nitrogen and oxygen atoms in total. The molecule has 0 saturated heterocycles. The van der Waals surface area contributed by atoms with Gasteiger partial charge in [0.25, 0.3) is 5.69 Å². The van der Waals surface area contributed by atoms with Gasteiger partial charge in [0.2, 0.25) is 0 Å². The second kappa shape index (κ2) is 5.40. The monoisotopic (exact) mass is 239 g/mol. The van der Waals surface area contributed by atoms with Gasteiger partial charge in [-0.1, -0.05) is 12.1 Å². The number of aryl methyl sites for hydroxylation is 1. The number of hydrogen-bond acceptors (Lipinski definition) is 4. The molecule has 0 aliphatic heterocycles. The number of aliphatic carboxylic acids is 1. The zero-order valence-electron chi connectivity index (χ0n) is 9.29. The summed E-state index contributed by atoms with van der Waals surface area (Å²) >= 11 is 0. The summed E-state index contributed by atoms with van der Waals surface area (Å²) in [6.07, 6.45) is -1.14. The van der Waals surface area contributed by atoms with Crippen molar-refractivity contribution in [2.45, 2.75) is 25.9 Å². The summed E-state index contributed by atoms with van der Waals surface area (Å²) in [4.78, 5) is 20.5. The van der Waals surface area contributed by atoms with E-state index in [1.54, 1.807) is 13.0 Å². The van der Waals surface area contributed by atoms with Gasteiger partial charge in [-0.2, -0.15) is 0 Å². The van der Waals surface area contributed by atoms with Crippen LogP contribution in [-0.2, 0) is 4.79 Å². The molecule has 0 aromatic heterocycles. The number of nitro groups is 1. The highest BCUT2D eigenvalue weighted by atomic mass is 16.6. The molecule has 0 aliphatic rings. The highest BCUT2D eigenvalue weighted by Crippen LogP contribution is 2.25. The Hall–Kier alpha value is -1.95. The normalized spacial score (nSPS) is 12.1. The van der Waals surface area contributed by atoms with Gasteiger partial charge >= 0.3 is 5.97 Å². The summed E-state index contributed by atoms with van der Waals surface area (Å²) in [5.41, 5.74) is 0.796. The molecule has 0 spiro atoms. The molecule has 1 rings (SSSR count). The third-order valence-corrected chi connectivity index (χ3v) is 2.45. The Morgan fingerprint density at radius 1 is 1.53 bits per heavy atom. The average molecular weight is 239 g/mol. The van der Waals surface area contributed by atoms with E-state index >= 15 is 0 Å². The maximum absolute atomic E-state index is 10.7. The van der Waals surface area contributed by atoms with Gasteiger partial charge in [-0.15, -0.1) is 0 Å². The number of carboxylic acid groups (broad SMARTS) is 1. The number of aliphatic hydroxyl groups is 1. The Morgan fingerprint density at radius 2 is 2.18 bits per heavy atom. The molecule has 1 atom stereocenters. The predicted molar refractivity (Wildman–Crippen MR) is 59.7 cm³/mol. The van der Waals surface area contributed by atoms with Crippen LogP contribution >= 0.6 is 0 Å². The van der Waals surface area contributed by atoms with E-state index in [1.807, 2.05) is 0 Å². The van der Waals surface area contributed by atoms with Crippen LogP contribution in [0.1, 0.15) is 30.1 Å². The number of nitro benzene ring substituents is 1. The van der Waals surface area contributed by atoms with E-state index in [4.69, 9.17) is 5.11 Å². The third-order valence-electron chi connectivity index (χ3n) is 2.45. The van der Waals surface area contributed by atoms with Crippen molar-refractivity contribution < 1.29 is 19.9 Å². The predicted octanol–water partition coefficient (Wildman–Crippen LogP) is 1.80. The molecule has 0 aliphatic carbocycles. The molecule has 0 bridgehead atoms. The van der Waals surface area contributed by atoms with Crippen molar-refractivity contribution >= 4 is 11.7 Å². The average Bonchev–Trinajstić information content (AvgIpc) is 2.26. The minimum absolute atomic E-state index is 0.0373. The van der Waals surface area contributed by atoms with Gasteiger partial charge in [0.1, 0.15) is 0 Å². The van der Waals surface area contributed by atoms with E-state index in [2.05, 4.69) is 0 Å². The highest BCUT2D eigenvalue weighted by molar-refractivity contribution is 5.66. The van der Waals surface area contributed by atoms with Crippen LogP contribution in [0.15, 0.2) is 18.2 Å². The molecule has 17 heavy (non-hydrogen) atoms. The molecular formula is C11H13NO5. The number of hydrogen-bond donors (Lipinski definition) is 2. The second-order valence-corrected chi connectivity index (χ2v) is 3.75. The number of aliphatic hydroxyl groups excluding tert-OH is 1. The molecule has 0 amide bonds. The lowest BCUT2D eigenvalue weighted by Gasteiger charge is -2.09. The van der Waals surface area contributed by atoms with E-state index in [1.165, 1.54) is 12.1 Å². The zero-order valence-corrected chi connectivity index (χ0v) is 9.29. The molecule has 2 N–H and O–H groups in total. The number of nitrogens with zero attached hydrogens (tertiary/aromatic N) is 1. The topological polar surface area (TPSA) is 101 Å². The summed E-state index contributed by atoms with van der Waals surface area (Å²) in [7, 11) is 0. The third kappa shape index (κ3) is 3.53. The van der Waals surface area contributed by atoms with Gasteiger partial charge in [0.15, 0.2) is 0 Å². The highest BCUT2D eigenvalue weighted by Gasteiger charge is 2.16. The summed E-state index contributed by atoms with van der Waals surface area (Å²) < 4.78 is 0. The van der Waals surface area contributed by atoms with Crippen LogP contribution in [0.3, 0.4) is 0 Å². The van der Waals surface area contributed by atoms with Crippen molar-refractivity contribution in [2.75, 3.05) is 0 Å². The van der Waals surface area contributed by atoms with Gasteiger partial charge < -0.3 is 10.2 Å². The van der Waals surface area contributed by atoms with Crippen LogP contribution in [0.25, 0.3) is 0 Å². The molecule has 92 valence electrons. The van der Waals surface area contributed by atoms with Crippen molar-refractivity contribution in [1.82, 2.24) is 0 Å². The van der Waals surface area contributed by atoms with Crippen LogP contribution in [0.5, 0.6) is 0 Å². The summed E-state index contributed by atoms with van der Waals surface area (Å²) in [5, 5.41) is 28.8. The van der Waals surface area contributed by atoms with Crippen LogP contribution in [0, 0.1) is 17.0 Å². The number of rotatable bonds is 5. The van der Waals surface area contributed by atoms with Gasteiger partial charge in [-0.05, 0) is 18.9 Å². The van der Waals surface area contributed by atoms with Gasteiger partial charge in [-0.25, -0.2) is 0 Å². The molecule has 0 radical (unpaired) electrons. The Morgan fingerprint density at radius 3 is 2.71 bits per heavy atom. The summed E-state index contributed by atoms with van der Waals surface area (Å²) in [5.74, 6) is -1.01. The van der Waals surface area contributed by atoms with E-state index in [-0.39, 0.29) is 18.5 Å². The van der Waals surface area contributed by atoms with Crippen molar-refractivity contribution in [1.29, 1.82) is 0 Å². The van der Waals surface area contributed by atoms with E-state index < -0.39 is 17.0 Å². The number of carbonyl (C=O) groups is 1. The quantitative estimate of drug-likeness (QED) is 0.602. The van der Waals surface area contributed by atoms with Crippen molar-refractivity contribution in [3.63, 3.8) is 0 Å². The van der Waals surface area contributed by atoms with Crippen molar-refractivity contribution in [3.05, 3.63) is 39.4 Å². The van der Waals surface area contributed by atoms with Crippen LogP contribution in [0.2, 0.25) is 0 Å². The minimum atomic E-state index is -1.01. The van der Waals surface area contributed by atoms with Crippen LogP contribution in [0.4, 0.5) is 5.69 Å². The Balaban J connectivity index is 2.87. The maximum atomic E-state index is 10.7. The maximum Gasteiger partial charge on any atom is 0.303 e. The number of benzene rings is 1. The largest absolute Gasteiger partial charge is 0.481 e. The van der Waals surface area contributed by atoms with E-state index in [0.717, 1.165) is 0 Å². The Labute approximate surface area is 97.7 Å². The van der Waals surface area contributed by atoms with E-state index in [9.17, 15) is 20.0 Å². The first-order chi connectivity index (χ1) is 7.91. The lowest BCUT2D eigenvalue weighted by molar-refractivity contribution is -0.385. The first kappa shape index (κ1) is 13.1. The lowest BCUT2D eigenvalue weighted by atomic mass is 10.0. The zero-order chi connectivity index (χ0) is 13.0. The smallest absolute Gasteiger partial charge is 0.303 e. The first-order valence-corrected chi connectivity index (χ1v) is 5.06. The molecular weight excluding hydrogens is 226 g/mol. The Bertz CT molecular complexity index is 443. The van der Waals surface area contributed by atoms with Crippen molar-refractivity contribution in [3.8, 4) is 0 Å².